The smallest absolute Gasteiger partial charge is 0.255 e. The number of carbonyl (C=O) groups excluding carboxylic acids is 1. The van der Waals surface area contributed by atoms with Gasteiger partial charge in [0.1, 0.15) is 11.3 Å². The van der Waals surface area contributed by atoms with Crippen LogP contribution in [0.5, 0.6) is 0 Å². The molecule has 0 radical (unpaired) electrons. The maximum Gasteiger partial charge on any atom is 0.255 e. The summed E-state index contributed by atoms with van der Waals surface area (Å²) in [5.41, 5.74) is 3.42. The largest absolute Gasteiger partial charge is 0.336 e. The average Bonchev–Trinajstić information content (AvgIpc) is 3.53. The van der Waals surface area contributed by atoms with Crippen LogP contribution >= 0.6 is 0 Å². The Balaban J connectivity index is 1.15. The van der Waals surface area contributed by atoms with Crippen LogP contribution in [0.3, 0.4) is 0 Å². The molecule has 0 N–H and O–H groups in total. The summed E-state index contributed by atoms with van der Waals surface area (Å²) in [6.07, 6.45) is 7.53. The van der Waals surface area contributed by atoms with E-state index in [-0.39, 0.29) is 5.91 Å². The van der Waals surface area contributed by atoms with Crippen LogP contribution in [-0.4, -0.2) is 53.2 Å². The van der Waals surface area contributed by atoms with E-state index in [0.29, 0.717) is 31.1 Å². The van der Waals surface area contributed by atoms with E-state index in [2.05, 4.69) is 39.3 Å². The fraction of sp³-hybridized carbons (Fsp3) is 0.375. The van der Waals surface area contributed by atoms with Crippen LogP contribution in [0.15, 0.2) is 48.9 Å². The summed E-state index contributed by atoms with van der Waals surface area (Å²) in [6, 6.07) is 12.2. The fourth-order valence-corrected chi connectivity index (χ4v) is 4.34. The van der Waals surface area contributed by atoms with Gasteiger partial charge in [0, 0.05) is 38.2 Å². The van der Waals surface area contributed by atoms with Crippen LogP contribution in [0.25, 0.3) is 11.2 Å². The highest BCUT2D eigenvalue weighted by Gasteiger charge is 2.30. The number of hydrogen-bond donors (Lipinski definition) is 0. The lowest BCUT2D eigenvalue weighted by Gasteiger charge is -2.19. The van der Waals surface area contributed by atoms with E-state index in [1.54, 1.807) is 6.20 Å². The number of carbonyl (C=O) groups is 1. The first-order valence-corrected chi connectivity index (χ1v) is 11.3. The lowest BCUT2D eigenvalue weighted by atomic mass is 10.1. The second-order valence-electron chi connectivity index (χ2n) is 8.67. The number of fused-ring (bicyclic) bond motifs is 2. The van der Waals surface area contributed by atoms with Crippen molar-refractivity contribution in [2.24, 2.45) is 0 Å². The van der Waals surface area contributed by atoms with Crippen molar-refractivity contribution in [1.29, 1.82) is 0 Å². The highest BCUT2D eigenvalue weighted by atomic mass is 16.2. The van der Waals surface area contributed by atoms with Crippen molar-refractivity contribution in [3.8, 4) is 0 Å². The molecule has 0 spiro atoms. The number of hydrogen-bond acceptors (Lipinski definition) is 5. The van der Waals surface area contributed by atoms with Gasteiger partial charge in [0.25, 0.3) is 5.91 Å². The van der Waals surface area contributed by atoms with Crippen LogP contribution in [-0.2, 0) is 25.9 Å². The summed E-state index contributed by atoms with van der Waals surface area (Å²) in [7, 11) is 0. The van der Waals surface area contributed by atoms with Crippen molar-refractivity contribution in [3.63, 3.8) is 0 Å². The van der Waals surface area contributed by atoms with Crippen molar-refractivity contribution in [2.45, 2.75) is 44.7 Å². The van der Waals surface area contributed by atoms with Crippen LogP contribution in [0.2, 0.25) is 0 Å². The molecule has 4 aromatic rings. The normalized spacial score (nSPS) is 16.2. The first-order chi connectivity index (χ1) is 15.7. The number of aromatic nitrogens is 6. The topological polar surface area (TPSA) is 81.7 Å². The number of amides is 1. The molecule has 0 atom stereocenters. The van der Waals surface area contributed by atoms with E-state index in [9.17, 15) is 4.79 Å². The van der Waals surface area contributed by atoms with Crippen LogP contribution in [0, 0.1) is 0 Å². The molecule has 1 fully saturated rings. The van der Waals surface area contributed by atoms with Gasteiger partial charge in [-0.3, -0.25) is 4.79 Å². The molecule has 0 saturated heterocycles. The maximum absolute atomic E-state index is 13.2. The third-order valence-electron chi connectivity index (χ3n) is 6.37. The van der Waals surface area contributed by atoms with Crippen LogP contribution in [0.1, 0.15) is 46.3 Å². The first kappa shape index (κ1) is 19.2. The number of aryl methyl sites for hydroxylation is 2. The van der Waals surface area contributed by atoms with Crippen molar-refractivity contribution >= 4 is 17.1 Å². The SMILES string of the molecule is O=C(c1cnc2c(c1)ncn2CCc1ccccc1)N1CCc2nc(C3CC3)nn2CC1. The molecule has 162 valence electrons. The number of pyridine rings is 1. The summed E-state index contributed by atoms with van der Waals surface area (Å²) in [4.78, 5) is 28.8. The highest BCUT2D eigenvalue weighted by molar-refractivity contribution is 5.96. The van der Waals surface area contributed by atoms with Crippen molar-refractivity contribution in [1.82, 2.24) is 34.2 Å². The zero-order valence-electron chi connectivity index (χ0n) is 17.9. The Morgan fingerprint density at radius 3 is 2.78 bits per heavy atom. The summed E-state index contributed by atoms with van der Waals surface area (Å²) < 4.78 is 4.03. The standard InChI is InChI=1S/C24H25N7O/c32-24(29-11-9-21-27-22(18-6-7-18)28-31(21)13-12-29)19-14-20-23(25-15-19)30(16-26-20)10-8-17-4-2-1-3-5-17/h1-5,14-16,18H,6-13H2. The zero-order chi connectivity index (χ0) is 21.5. The molecule has 4 heterocycles. The molecular weight excluding hydrogens is 402 g/mol. The average molecular weight is 428 g/mol. The molecule has 1 amide bonds. The molecule has 32 heavy (non-hydrogen) atoms. The van der Waals surface area contributed by atoms with E-state index < -0.39 is 0 Å². The lowest BCUT2D eigenvalue weighted by Crippen LogP contribution is -2.33. The summed E-state index contributed by atoms with van der Waals surface area (Å²) >= 11 is 0. The minimum Gasteiger partial charge on any atom is -0.336 e. The molecule has 1 aromatic carbocycles. The van der Waals surface area contributed by atoms with Gasteiger partial charge in [0.05, 0.1) is 18.4 Å². The van der Waals surface area contributed by atoms with Gasteiger partial charge in [0.15, 0.2) is 11.5 Å². The lowest BCUT2D eigenvalue weighted by molar-refractivity contribution is 0.0758. The van der Waals surface area contributed by atoms with Crippen LogP contribution < -0.4 is 0 Å². The van der Waals surface area contributed by atoms with Crippen molar-refractivity contribution in [2.75, 3.05) is 13.1 Å². The highest BCUT2D eigenvalue weighted by Crippen LogP contribution is 2.38. The minimum absolute atomic E-state index is 0.00796. The van der Waals surface area contributed by atoms with Crippen molar-refractivity contribution < 1.29 is 4.79 Å². The monoisotopic (exact) mass is 427 g/mol. The molecule has 3 aromatic heterocycles. The molecule has 2 aliphatic rings. The molecule has 8 heteroatoms. The quantitative estimate of drug-likeness (QED) is 0.489. The Bertz CT molecular complexity index is 1250. The van der Waals surface area contributed by atoms with Crippen molar-refractivity contribution in [3.05, 3.63) is 71.7 Å². The Labute approximate surface area is 185 Å². The number of rotatable bonds is 5. The Morgan fingerprint density at radius 2 is 1.94 bits per heavy atom. The Kier molecular flexibility index (Phi) is 4.70. The molecular formula is C24H25N7O. The number of imidazole rings is 1. The fourth-order valence-electron chi connectivity index (χ4n) is 4.34. The number of nitrogens with zero attached hydrogens (tertiary/aromatic N) is 7. The molecule has 1 aliphatic heterocycles. The number of benzene rings is 1. The van der Waals surface area contributed by atoms with E-state index in [1.807, 2.05) is 32.6 Å². The van der Waals surface area contributed by atoms with Gasteiger partial charge in [-0.2, -0.15) is 5.10 Å². The molecule has 1 aliphatic carbocycles. The van der Waals surface area contributed by atoms with E-state index in [1.165, 1.54) is 18.4 Å². The minimum atomic E-state index is -0.00796. The van der Waals surface area contributed by atoms with Gasteiger partial charge in [-0.25, -0.2) is 19.6 Å². The maximum atomic E-state index is 13.2. The molecule has 0 unspecified atom stereocenters. The van der Waals surface area contributed by atoms with Gasteiger partial charge >= 0.3 is 0 Å². The molecule has 6 rings (SSSR count). The predicted molar refractivity (Wildman–Crippen MR) is 119 cm³/mol. The second-order valence-corrected chi connectivity index (χ2v) is 8.67. The summed E-state index contributed by atoms with van der Waals surface area (Å²) in [6.45, 7) is 2.76. The van der Waals surface area contributed by atoms with E-state index >= 15 is 0 Å². The van der Waals surface area contributed by atoms with Crippen LogP contribution in [0.4, 0.5) is 0 Å². The molecule has 1 saturated carbocycles. The third-order valence-corrected chi connectivity index (χ3v) is 6.37. The van der Waals surface area contributed by atoms with Gasteiger partial charge < -0.3 is 9.47 Å². The first-order valence-electron chi connectivity index (χ1n) is 11.3. The zero-order valence-corrected chi connectivity index (χ0v) is 17.9. The summed E-state index contributed by atoms with van der Waals surface area (Å²) in [5.74, 6) is 2.52. The van der Waals surface area contributed by atoms with Gasteiger partial charge in [-0.15, -0.1) is 0 Å². The summed E-state index contributed by atoms with van der Waals surface area (Å²) in [5, 5.41) is 4.66. The Morgan fingerprint density at radius 1 is 1.06 bits per heavy atom. The van der Waals surface area contributed by atoms with Gasteiger partial charge in [-0.1, -0.05) is 30.3 Å². The second kappa shape index (κ2) is 7.85. The van der Waals surface area contributed by atoms with E-state index in [0.717, 1.165) is 42.2 Å². The van der Waals surface area contributed by atoms with Gasteiger partial charge in [-0.05, 0) is 30.9 Å². The van der Waals surface area contributed by atoms with Gasteiger partial charge in [0.2, 0.25) is 0 Å². The van der Waals surface area contributed by atoms with E-state index in [4.69, 9.17) is 4.98 Å². The predicted octanol–water partition coefficient (Wildman–Crippen LogP) is 2.84. The molecule has 8 nitrogen and oxygen atoms in total. The molecule has 0 bridgehead atoms. The third kappa shape index (κ3) is 3.66. The Hall–Kier alpha value is -3.55.